The van der Waals surface area contributed by atoms with Gasteiger partial charge in [0.25, 0.3) is 0 Å². The van der Waals surface area contributed by atoms with Gasteiger partial charge in [-0.2, -0.15) is 13.2 Å². The number of benzene rings is 1. The zero-order chi connectivity index (χ0) is 14.8. The maximum Gasteiger partial charge on any atom is 0.405 e. The van der Waals surface area contributed by atoms with Crippen molar-refractivity contribution < 1.29 is 13.2 Å². The van der Waals surface area contributed by atoms with E-state index in [2.05, 4.69) is 5.32 Å². The lowest BCUT2D eigenvalue weighted by atomic mass is 10.1. The van der Waals surface area contributed by atoms with Crippen molar-refractivity contribution in [2.45, 2.75) is 38.5 Å². The molecule has 0 aromatic heterocycles. The zero-order valence-corrected chi connectivity index (χ0v) is 12.1. The van der Waals surface area contributed by atoms with Crippen molar-refractivity contribution in [1.82, 2.24) is 5.32 Å². The Morgan fingerprint density at radius 2 is 2.05 bits per heavy atom. The molecule has 112 valence electrons. The van der Waals surface area contributed by atoms with E-state index in [0.29, 0.717) is 29.8 Å². The molecule has 2 rings (SSSR count). The molecular formula is C14H18ClF3N2. The van der Waals surface area contributed by atoms with Crippen LogP contribution < -0.4 is 10.2 Å². The summed E-state index contributed by atoms with van der Waals surface area (Å²) in [5.74, 6) is 0. The van der Waals surface area contributed by atoms with E-state index in [-0.39, 0.29) is 0 Å². The summed E-state index contributed by atoms with van der Waals surface area (Å²) in [7, 11) is 0. The maximum atomic E-state index is 12.6. The standard InChI is InChI=1S/C14H18ClF3N2/c1-2-20(9-14(16,17)18)13-6-3-11(15)7-10(13)8-19-12-4-5-12/h3,6-7,12,19H,2,4-5,8-9H2,1H3. The summed E-state index contributed by atoms with van der Waals surface area (Å²) in [5, 5.41) is 3.86. The first kappa shape index (κ1) is 15.4. The topological polar surface area (TPSA) is 15.3 Å². The average molecular weight is 307 g/mol. The van der Waals surface area contributed by atoms with Gasteiger partial charge < -0.3 is 10.2 Å². The van der Waals surface area contributed by atoms with Gasteiger partial charge in [-0.15, -0.1) is 0 Å². The molecule has 1 fully saturated rings. The van der Waals surface area contributed by atoms with Crippen molar-refractivity contribution in [3.63, 3.8) is 0 Å². The number of hydrogen-bond acceptors (Lipinski definition) is 2. The van der Waals surface area contributed by atoms with E-state index in [1.165, 1.54) is 4.90 Å². The quantitative estimate of drug-likeness (QED) is 0.855. The first-order chi connectivity index (χ1) is 9.39. The molecule has 1 saturated carbocycles. The largest absolute Gasteiger partial charge is 0.405 e. The molecule has 6 heteroatoms. The number of nitrogens with one attached hydrogen (secondary N) is 1. The second kappa shape index (κ2) is 6.22. The van der Waals surface area contributed by atoms with E-state index in [1.807, 2.05) is 0 Å². The molecule has 0 amide bonds. The molecule has 1 aliphatic rings. The highest BCUT2D eigenvalue weighted by molar-refractivity contribution is 6.30. The van der Waals surface area contributed by atoms with Crippen LogP contribution in [0, 0.1) is 0 Å². The van der Waals surface area contributed by atoms with Crippen molar-refractivity contribution in [1.29, 1.82) is 0 Å². The maximum absolute atomic E-state index is 12.6. The van der Waals surface area contributed by atoms with Gasteiger partial charge in [0.1, 0.15) is 6.54 Å². The van der Waals surface area contributed by atoms with Crippen LogP contribution >= 0.6 is 11.6 Å². The lowest BCUT2D eigenvalue weighted by Crippen LogP contribution is -2.35. The third-order valence-corrected chi connectivity index (χ3v) is 3.53. The number of halogens is 4. The molecule has 0 radical (unpaired) electrons. The lowest BCUT2D eigenvalue weighted by molar-refractivity contribution is -0.119. The van der Waals surface area contributed by atoms with Gasteiger partial charge in [0.2, 0.25) is 0 Å². The fourth-order valence-corrected chi connectivity index (χ4v) is 2.32. The first-order valence-corrected chi connectivity index (χ1v) is 7.10. The SMILES string of the molecule is CCN(CC(F)(F)F)c1ccc(Cl)cc1CNC1CC1. The molecule has 1 aromatic carbocycles. The van der Waals surface area contributed by atoms with Gasteiger partial charge in [-0.1, -0.05) is 11.6 Å². The van der Waals surface area contributed by atoms with Crippen molar-refractivity contribution in [3.05, 3.63) is 28.8 Å². The van der Waals surface area contributed by atoms with Crippen LogP contribution in [0.15, 0.2) is 18.2 Å². The molecule has 0 spiro atoms. The van der Waals surface area contributed by atoms with Crippen molar-refractivity contribution in [2.75, 3.05) is 18.0 Å². The second-order valence-electron chi connectivity index (χ2n) is 5.06. The average Bonchev–Trinajstić information content (AvgIpc) is 3.17. The van der Waals surface area contributed by atoms with Gasteiger partial charge in [0, 0.05) is 29.8 Å². The predicted molar refractivity (Wildman–Crippen MR) is 75.3 cm³/mol. The lowest BCUT2D eigenvalue weighted by Gasteiger charge is -2.27. The van der Waals surface area contributed by atoms with Crippen LogP contribution in [0.5, 0.6) is 0 Å². The summed E-state index contributed by atoms with van der Waals surface area (Å²) in [6.45, 7) is 1.63. The molecule has 0 heterocycles. The summed E-state index contributed by atoms with van der Waals surface area (Å²) >= 11 is 5.96. The fourth-order valence-electron chi connectivity index (χ4n) is 2.13. The number of nitrogens with zero attached hydrogens (tertiary/aromatic N) is 1. The van der Waals surface area contributed by atoms with Crippen molar-refractivity contribution in [2.24, 2.45) is 0 Å². The molecule has 0 aliphatic heterocycles. The summed E-state index contributed by atoms with van der Waals surface area (Å²) in [6.07, 6.45) is -1.94. The molecular weight excluding hydrogens is 289 g/mol. The Bertz CT molecular complexity index is 458. The Morgan fingerprint density at radius 3 is 2.60 bits per heavy atom. The molecule has 0 atom stereocenters. The highest BCUT2D eigenvalue weighted by Gasteiger charge is 2.31. The molecule has 0 unspecified atom stereocenters. The Kier molecular flexibility index (Phi) is 4.81. The summed E-state index contributed by atoms with van der Waals surface area (Å²) in [6, 6.07) is 5.54. The molecule has 2 nitrogen and oxygen atoms in total. The van der Waals surface area contributed by atoms with Crippen LogP contribution in [0.4, 0.5) is 18.9 Å². The van der Waals surface area contributed by atoms with Gasteiger partial charge in [0.15, 0.2) is 0 Å². The van der Waals surface area contributed by atoms with Crippen LogP contribution in [0.25, 0.3) is 0 Å². The summed E-state index contributed by atoms with van der Waals surface area (Å²) < 4.78 is 37.9. The van der Waals surface area contributed by atoms with Crippen LogP contribution in [0.2, 0.25) is 5.02 Å². The van der Waals surface area contributed by atoms with E-state index in [4.69, 9.17) is 11.6 Å². The molecule has 0 saturated heterocycles. The highest BCUT2D eigenvalue weighted by Crippen LogP contribution is 2.28. The molecule has 1 N–H and O–H groups in total. The Labute approximate surface area is 121 Å². The number of anilines is 1. The third-order valence-electron chi connectivity index (χ3n) is 3.29. The monoisotopic (exact) mass is 306 g/mol. The molecule has 20 heavy (non-hydrogen) atoms. The van der Waals surface area contributed by atoms with Gasteiger partial charge >= 0.3 is 6.18 Å². The Balaban J connectivity index is 2.17. The van der Waals surface area contributed by atoms with Gasteiger partial charge in [-0.25, -0.2) is 0 Å². The van der Waals surface area contributed by atoms with Gasteiger partial charge in [-0.05, 0) is 43.5 Å². The molecule has 1 aliphatic carbocycles. The molecule has 1 aromatic rings. The van der Waals surface area contributed by atoms with Crippen LogP contribution in [0.1, 0.15) is 25.3 Å². The fraction of sp³-hybridized carbons (Fsp3) is 0.571. The minimum absolute atomic E-state index is 0.303. The van der Waals surface area contributed by atoms with Crippen LogP contribution in [-0.2, 0) is 6.54 Å². The number of alkyl halides is 3. The first-order valence-electron chi connectivity index (χ1n) is 6.72. The zero-order valence-electron chi connectivity index (χ0n) is 11.3. The molecule has 0 bridgehead atoms. The minimum atomic E-state index is -4.21. The van der Waals surface area contributed by atoms with Gasteiger partial charge in [-0.3, -0.25) is 0 Å². The van der Waals surface area contributed by atoms with E-state index < -0.39 is 12.7 Å². The Morgan fingerprint density at radius 1 is 1.35 bits per heavy atom. The van der Waals surface area contributed by atoms with E-state index >= 15 is 0 Å². The Hall–Kier alpha value is -0.940. The normalized spacial score (nSPS) is 15.4. The highest BCUT2D eigenvalue weighted by atomic mass is 35.5. The van der Waals surface area contributed by atoms with E-state index in [1.54, 1.807) is 25.1 Å². The number of hydrogen-bond donors (Lipinski definition) is 1. The smallest absolute Gasteiger partial charge is 0.363 e. The van der Waals surface area contributed by atoms with E-state index in [9.17, 15) is 13.2 Å². The van der Waals surface area contributed by atoms with Crippen LogP contribution in [-0.4, -0.2) is 25.3 Å². The third kappa shape index (κ3) is 4.56. The van der Waals surface area contributed by atoms with Gasteiger partial charge in [0.05, 0.1) is 0 Å². The van der Waals surface area contributed by atoms with Crippen molar-refractivity contribution in [3.8, 4) is 0 Å². The summed E-state index contributed by atoms with van der Waals surface area (Å²) in [4.78, 5) is 1.33. The minimum Gasteiger partial charge on any atom is -0.363 e. The predicted octanol–water partition coefficient (Wildman–Crippen LogP) is 3.98. The van der Waals surface area contributed by atoms with Crippen LogP contribution in [0.3, 0.4) is 0 Å². The summed E-state index contributed by atoms with van der Waals surface area (Å²) in [5.41, 5.74) is 1.41. The second-order valence-corrected chi connectivity index (χ2v) is 5.49. The number of rotatable bonds is 6. The van der Waals surface area contributed by atoms with E-state index in [0.717, 1.165) is 18.4 Å². The van der Waals surface area contributed by atoms with Crippen molar-refractivity contribution >= 4 is 17.3 Å².